The van der Waals surface area contributed by atoms with E-state index in [0.717, 1.165) is 6.42 Å². The van der Waals surface area contributed by atoms with E-state index in [9.17, 15) is 0 Å². The summed E-state index contributed by atoms with van der Waals surface area (Å²) in [7, 11) is 0. The van der Waals surface area contributed by atoms with Gasteiger partial charge in [0.2, 0.25) is 0 Å². The summed E-state index contributed by atoms with van der Waals surface area (Å²) < 4.78 is 0. The van der Waals surface area contributed by atoms with Gasteiger partial charge in [0.05, 0.1) is 0 Å². The Morgan fingerprint density at radius 2 is 1.86 bits per heavy atom. The van der Waals surface area contributed by atoms with Gasteiger partial charge in [-0.2, -0.15) is 0 Å². The summed E-state index contributed by atoms with van der Waals surface area (Å²) in [5.74, 6) is 0. The van der Waals surface area contributed by atoms with E-state index in [0.29, 0.717) is 0 Å². The molecule has 0 amide bonds. The molecule has 1 aromatic carbocycles. The average molecular weight is 187 g/mol. The van der Waals surface area contributed by atoms with Crippen molar-refractivity contribution in [2.45, 2.75) is 27.2 Å². The number of hydrogen-bond donors (Lipinski definition) is 0. The third kappa shape index (κ3) is 3.17. The van der Waals surface area contributed by atoms with Crippen molar-refractivity contribution in [2.75, 3.05) is 0 Å². The molecule has 0 heterocycles. The highest BCUT2D eigenvalue weighted by Gasteiger charge is 1.92. The van der Waals surface area contributed by atoms with Crippen molar-refractivity contribution in [3.8, 4) is 0 Å². The van der Waals surface area contributed by atoms with Crippen LogP contribution in [0, 0.1) is 0 Å². The zero-order chi connectivity index (χ0) is 10.4. The molecule has 0 aliphatic heterocycles. The van der Waals surface area contributed by atoms with E-state index in [1.807, 2.05) is 24.4 Å². The molecule has 0 spiro atoms. The number of hydrogen-bond acceptors (Lipinski definition) is 1. The normalized spacial score (nSPS) is 13.1. The van der Waals surface area contributed by atoms with Crippen molar-refractivity contribution < 1.29 is 0 Å². The van der Waals surface area contributed by atoms with Gasteiger partial charge < -0.3 is 0 Å². The first kappa shape index (κ1) is 10.7. The minimum absolute atomic E-state index is 1.01. The third-order valence-corrected chi connectivity index (χ3v) is 2.22. The monoisotopic (exact) mass is 187 g/mol. The van der Waals surface area contributed by atoms with Crippen LogP contribution in [-0.2, 0) is 0 Å². The molecule has 1 rings (SSSR count). The van der Waals surface area contributed by atoms with E-state index in [1.54, 1.807) is 0 Å². The number of allylic oxidation sites excluding steroid dienone is 1. The maximum atomic E-state index is 4.37. The summed E-state index contributed by atoms with van der Waals surface area (Å²) in [5, 5.41) is 0. The molecule has 0 bridgehead atoms. The second-order valence-corrected chi connectivity index (χ2v) is 3.40. The lowest BCUT2D eigenvalue weighted by atomic mass is 10.1. The predicted octanol–water partition coefficient (Wildman–Crippen LogP) is 3.92. The van der Waals surface area contributed by atoms with Gasteiger partial charge in [-0.05, 0) is 31.4 Å². The number of benzene rings is 1. The van der Waals surface area contributed by atoms with Gasteiger partial charge in [-0.15, -0.1) is 0 Å². The van der Waals surface area contributed by atoms with Crippen molar-refractivity contribution >= 4 is 11.3 Å². The Labute approximate surface area is 86.2 Å². The average Bonchev–Trinajstić information content (AvgIpc) is 2.26. The van der Waals surface area contributed by atoms with E-state index in [4.69, 9.17) is 0 Å². The molecule has 1 heteroatoms. The molecule has 0 fully saturated rings. The van der Waals surface area contributed by atoms with Gasteiger partial charge in [0.25, 0.3) is 0 Å². The summed E-state index contributed by atoms with van der Waals surface area (Å²) in [5.41, 5.74) is 3.61. The van der Waals surface area contributed by atoms with Crippen molar-refractivity contribution in [3.05, 3.63) is 42.1 Å². The first-order valence-electron chi connectivity index (χ1n) is 4.99. The highest BCUT2D eigenvalue weighted by Crippen LogP contribution is 2.12. The summed E-state index contributed by atoms with van der Waals surface area (Å²) in [4.78, 5) is 4.37. The molecule has 0 radical (unpaired) electrons. The minimum atomic E-state index is 1.01. The Morgan fingerprint density at radius 1 is 1.21 bits per heavy atom. The number of rotatable bonds is 3. The van der Waals surface area contributed by atoms with Crippen molar-refractivity contribution in [1.82, 2.24) is 0 Å². The van der Waals surface area contributed by atoms with Crippen molar-refractivity contribution in [2.24, 2.45) is 4.99 Å². The van der Waals surface area contributed by atoms with Crippen LogP contribution in [0.4, 0.5) is 0 Å². The van der Waals surface area contributed by atoms with Crippen LogP contribution in [0.15, 0.2) is 41.5 Å². The Hall–Kier alpha value is -1.37. The largest absolute Gasteiger partial charge is 0.266 e. The number of nitrogens with zero attached hydrogens (tertiary/aromatic N) is 1. The van der Waals surface area contributed by atoms with Crippen molar-refractivity contribution in [3.63, 3.8) is 0 Å². The van der Waals surface area contributed by atoms with Crippen LogP contribution < -0.4 is 0 Å². The second kappa shape index (κ2) is 5.38. The van der Waals surface area contributed by atoms with Gasteiger partial charge in [0, 0.05) is 11.9 Å². The highest BCUT2D eigenvalue weighted by molar-refractivity contribution is 5.83. The SMILES string of the molecule is CCC(C)=N/C=C(\C)c1ccccc1. The third-order valence-electron chi connectivity index (χ3n) is 2.22. The molecule has 74 valence electrons. The zero-order valence-corrected chi connectivity index (χ0v) is 9.12. The van der Waals surface area contributed by atoms with Gasteiger partial charge in [-0.1, -0.05) is 37.3 Å². The quantitative estimate of drug-likeness (QED) is 0.636. The second-order valence-electron chi connectivity index (χ2n) is 3.40. The maximum Gasteiger partial charge on any atom is 0.0302 e. The summed E-state index contributed by atoms with van der Waals surface area (Å²) in [6.45, 7) is 6.25. The molecular formula is C13H17N. The zero-order valence-electron chi connectivity index (χ0n) is 9.12. The Kier molecular flexibility index (Phi) is 4.11. The molecule has 0 saturated heterocycles. The van der Waals surface area contributed by atoms with Gasteiger partial charge in [-0.25, -0.2) is 0 Å². The molecular weight excluding hydrogens is 170 g/mol. The highest BCUT2D eigenvalue weighted by atomic mass is 14.7. The lowest BCUT2D eigenvalue weighted by Crippen LogP contribution is -1.85. The Balaban J connectivity index is 2.81. The Bertz CT molecular complexity index is 334. The van der Waals surface area contributed by atoms with E-state index < -0.39 is 0 Å². The summed E-state index contributed by atoms with van der Waals surface area (Å²) in [6.07, 6.45) is 2.95. The van der Waals surface area contributed by atoms with Crippen molar-refractivity contribution in [1.29, 1.82) is 0 Å². The van der Waals surface area contributed by atoms with Crippen LogP contribution >= 0.6 is 0 Å². The van der Waals surface area contributed by atoms with Crippen LogP contribution in [0.25, 0.3) is 5.57 Å². The first-order valence-corrected chi connectivity index (χ1v) is 4.99. The van der Waals surface area contributed by atoms with Gasteiger partial charge in [-0.3, -0.25) is 4.99 Å². The lowest BCUT2D eigenvalue weighted by Gasteiger charge is -1.98. The standard InChI is InChI=1S/C13H17N/c1-4-12(3)14-10-11(2)13-8-6-5-7-9-13/h5-10H,4H2,1-3H3/b11-10+,14-12?. The fourth-order valence-corrected chi connectivity index (χ4v) is 1.07. The van der Waals surface area contributed by atoms with Crippen LogP contribution in [0.2, 0.25) is 0 Å². The molecule has 0 unspecified atom stereocenters. The molecule has 0 atom stereocenters. The Morgan fingerprint density at radius 3 is 2.43 bits per heavy atom. The molecule has 0 saturated carbocycles. The van der Waals surface area contributed by atoms with Gasteiger partial charge >= 0.3 is 0 Å². The van der Waals surface area contributed by atoms with Gasteiger partial charge in [0.1, 0.15) is 0 Å². The van der Waals surface area contributed by atoms with Crippen LogP contribution in [0.1, 0.15) is 32.8 Å². The number of aliphatic imine (C=N–C) groups is 1. The first-order chi connectivity index (χ1) is 6.74. The topological polar surface area (TPSA) is 12.4 Å². The molecule has 14 heavy (non-hydrogen) atoms. The van der Waals surface area contributed by atoms with E-state index in [1.165, 1.54) is 16.8 Å². The minimum Gasteiger partial charge on any atom is -0.266 e. The van der Waals surface area contributed by atoms with Crippen LogP contribution in [0.3, 0.4) is 0 Å². The molecule has 1 aromatic rings. The van der Waals surface area contributed by atoms with E-state index in [-0.39, 0.29) is 0 Å². The van der Waals surface area contributed by atoms with E-state index >= 15 is 0 Å². The van der Waals surface area contributed by atoms with Crippen LogP contribution in [0.5, 0.6) is 0 Å². The fourth-order valence-electron chi connectivity index (χ4n) is 1.07. The van der Waals surface area contributed by atoms with Gasteiger partial charge in [0.15, 0.2) is 0 Å². The van der Waals surface area contributed by atoms with Crippen LogP contribution in [-0.4, -0.2) is 5.71 Å². The fraction of sp³-hybridized carbons (Fsp3) is 0.308. The predicted molar refractivity (Wildman–Crippen MR) is 63.5 cm³/mol. The molecule has 0 aromatic heterocycles. The lowest BCUT2D eigenvalue weighted by molar-refractivity contribution is 1.25. The smallest absolute Gasteiger partial charge is 0.0302 e. The summed E-state index contributed by atoms with van der Waals surface area (Å²) in [6, 6.07) is 10.3. The maximum absolute atomic E-state index is 4.37. The molecule has 0 aliphatic carbocycles. The molecule has 1 nitrogen and oxygen atoms in total. The summed E-state index contributed by atoms with van der Waals surface area (Å²) >= 11 is 0. The van der Waals surface area contributed by atoms with E-state index in [2.05, 4.69) is 37.9 Å². The molecule has 0 N–H and O–H groups in total. The molecule has 0 aliphatic rings.